The first-order chi connectivity index (χ1) is 13.1. The average molecular weight is 387 g/mol. The third-order valence-electron chi connectivity index (χ3n) is 3.74. The number of ether oxygens (including phenoxy) is 2. The Bertz CT molecular complexity index is 940. The second-order valence-electron chi connectivity index (χ2n) is 5.64. The predicted octanol–water partition coefficient (Wildman–Crippen LogP) is 2.99. The SMILES string of the molecule is COc1cc(/C=N/Nc2nnc(C)n2N)ccc1OCc1ccc(Cl)cc1. The molecule has 9 heteroatoms. The monoisotopic (exact) mass is 386 g/mol. The van der Waals surface area contributed by atoms with Crippen molar-refractivity contribution in [1.82, 2.24) is 14.9 Å². The van der Waals surface area contributed by atoms with Gasteiger partial charge in [0.05, 0.1) is 13.3 Å². The first-order valence-electron chi connectivity index (χ1n) is 8.08. The van der Waals surface area contributed by atoms with E-state index in [4.69, 9.17) is 26.9 Å². The summed E-state index contributed by atoms with van der Waals surface area (Å²) in [5.74, 6) is 7.91. The van der Waals surface area contributed by atoms with Gasteiger partial charge in [0, 0.05) is 5.02 Å². The molecule has 1 aromatic heterocycles. The molecular weight excluding hydrogens is 368 g/mol. The second-order valence-corrected chi connectivity index (χ2v) is 6.07. The fraction of sp³-hybridized carbons (Fsp3) is 0.167. The topological polar surface area (TPSA) is 99.6 Å². The summed E-state index contributed by atoms with van der Waals surface area (Å²) >= 11 is 5.89. The van der Waals surface area contributed by atoms with Crippen LogP contribution >= 0.6 is 11.6 Å². The smallest absolute Gasteiger partial charge is 0.263 e. The number of hydrazone groups is 1. The second kappa shape index (κ2) is 8.41. The number of anilines is 1. The van der Waals surface area contributed by atoms with Gasteiger partial charge in [-0.15, -0.1) is 10.2 Å². The molecular formula is C18H19ClN6O2. The number of nitrogens with zero attached hydrogens (tertiary/aromatic N) is 4. The lowest BCUT2D eigenvalue weighted by atomic mass is 10.2. The van der Waals surface area contributed by atoms with E-state index < -0.39 is 0 Å². The summed E-state index contributed by atoms with van der Waals surface area (Å²) in [5.41, 5.74) is 4.57. The summed E-state index contributed by atoms with van der Waals surface area (Å²) in [6.45, 7) is 2.16. The zero-order chi connectivity index (χ0) is 19.2. The number of methoxy groups -OCH3 is 1. The van der Waals surface area contributed by atoms with Crippen molar-refractivity contribution in [2.45, 2.75) is 13.5 Å². The van der Waals surface area contributed by atoms with Gasteiger partial charge in [-0.25, -0.2) is 10.1 Å². The molecule has 0 saturated heterocycles. The van der Waals surface area contributed by atoms with Crippen molar-refractivity contribution in [3.63, 3.8) is 0 Å². The van der Waals surface area contributed by atoms with Crippen LogP contribution in [0.15, 0.2) is 47.6 Å². The van der Waals surface area contributed by atoms with Crippen LogP contribution in [0.3, 0.4) is 0 Å². The molecule has 0 aliphatic heterocycles. The number of benzene rings is 2. The van der Waals surface area contributed by atoms with E-state index in [-0.39, 0.29) is 0 Å². The molecule has 3 N–H and O–H groups in total. The lowest BCUT2D eigenvalue weighted by Gasteiger charge is -2.11. The van der Waals surface area contributed by atoms with Gasteiger partial charge in [-0.05, 0) is 48.4 Å². The van der Waals surface area contributed by atoms with Crippen LogP contribution in [-0.4, -0.2) is 28.2 Å². The number of halogens is 1. The molecule has 0 aliphatic rings. The molecule has 27 heavy (non-hydrogen) atoms. The minimum atomic E-state index is 0.346. The van der Waals surface area contributed by atoms with E-state index in [9.17, 15) is 0 Å². The Morgan fingerprint density at radius 1 is 1.19 bits per heavy atom. The zero-order valence-corrected chi connectivity index (χ0v) is 15.6. The molecule has 0 saturated carbocycles. The molecule has 140 valence electrons. The number of aryl methyl sites for hydroxylation is 1. The van der Waals surface area contributed by atoms with Gasteiger partial charge in [-0.2, -0.15) is 5.10 Å². The highest BCUT2D eigenvalue weighted by atomic mass is 35.5. The van der Waals surface area contributed by atoms with Gasteiger partial charge in [0.2, 0.25) is 0 Å². The lowest BCUT2D eigenvalue weighted by Crippen LogP contribution is -2.13. The van der Waals surface area contributed by atoms with Crippen LogP contribution in [0.4, 0.5) is 5.95 Å². The molecule has 3 rings (SSSR count). The van der Waals surface area contributed by atoms with Gasteiger partial charge in [0.15, 0.2) is 17.3 Å². The van der Waals surface area contributed by atoms with Gasteiger partial charge >= 0.3 is 0 Å². The third-order valence-corrected chi connectivity index (χ3v) is 3.99. The molecule has 8 nitrogen and oxygen atoms in total. The zero-order valence-electron chi connectivity index (χ0n) is 14.9. The Morgan fingerprint density at radius 2 is 1.96 bits per heavy atom. The van der Waals surface area contributed by atoms with Crippen LogP contribution in [0.2, 0.25) is 5.02 Å². The Hall–Kier alpha value is -3.26. The van der Waals surface area contributed by atoms with Crippen molar-refractivity contribution in [2.75, 3.05) is 18.4 Å². The average Bonchev–Trinajstić information content (AvgIpc) is 3.00. The first-order valence-corrected chi connectivity index (χ1v) is 8.46. The van der Waals surface area contributed by atoms with Crippen LogP contribution in [-0.2, 0) is 6.61 Å². The fourth-order valence-electron chi connectivity index (χ4n) is 2.24. The summed E-state index contributed by atoms with van der Waals surface area (Å²) in [4.78, 5) is 0. The minimum Gasteiger partial charge on any atom is -0.493 e. The maximum atomic E-state index is 5.89. The molecule has 3 aromatic rings. The molecule has 2 aromatic carbocycles. The third kappa shape index (κ3) is 4.68. The van der Waals surface area contributed by atoms with Crippen LogP contribution in [0.5, 0.6) is 11.5 Å². The van der Waals surface area contributed by atoms with Crippen molar-refractivity contribution >= 4 is 23.8 Å². The Balaban J connectivity index is 1.65. The van der Waals surface area contributed by atoms with E-state index in [1.54, 1.807) is 20.2 Å². The molecule has 0 amide bonds. The summed E-state index contributed by atoms with van der Waals surface area (Å²) in [5, 5.41) is 12.5. The standard InChI is InChI=1S/C18H19ClN6O2/c1-12-22-24-18(25(12)20)23-21-10-14-5-8-16(17(9-14)26-2)27-11-13-3-6-15(19)7-4-13/h3-10H,11,20H2,1-2H3,(H,23,24)/b21-10+. The Labute approximate surface area is 161 Å². The van der Waals surface area contributed by atoms with Gasteiger partial charge < -0.3 is 15.3 Å². The molecule has 0 fully saturated rings. The minimum absolute atomic E-state index is 0.346. The summed E-state index contributed by atoms with van der Waals surface area (Å²) in [6, 6.07) is 13.0. The van der Waals surface area contributed by atoms with Crippen molar-refractivity contribution < 1.29 is 9.47 Å². The van der Waals surface area contributed by atoms with Crippen molar-refractivity contribution in [1.29, 1.82) is 0 Å². The Morgan fingerprint density at radius 3 is 2.63 bits per heavy atom. The molecule has 0 atom stereocenters. The van der Waals surface area contributed by atoms with Crippen LogP contribution in [0.25, 0.3) is 0 Å². The predicted molar refractivity (Wildman–Crippen MR) is 105 cm³/mol. The van der Waals surface area contributed by atoms with Crippen LogP contribution < -0.4 is 20.7 Å². The molecule has 0 radical (unpaired) electrons. The molecule has 0 spiro atoms. The van der Waals surface area contributed by atoms with Crippen LogP contribution in [0.1, 0.15) is 17.0 Å². The van der Waals surface area contributed by atoms with Gasteiger partial charge in [0.1, 0.15) is 6.61 Å². The largest absolute Gasteiger partial charge is 0.493 e. The summed E-state index contributed by atoms with van der Waals surface area (Å²) in [6.07, 6.45) is 1.62. The Kier molecular flexibility index (Phi) is 5.77. The number of aromatic nitrogens is 3. The summed E-state index contributed by atoms with van der Waals surface area (Å²) < 4.78 is 12.6. The van der Waals surface area contributed by atoms with Gasteiger partial charge in [0.25, 0.3) is 5.95 Å². The first kappa shape index (κ1) is 18.5. The van der Waals surface area contributed by atoms with Crippen molar-refractivity contribution in [3.8, 4) is 11.5 Å². The quantitative estimate of drug-likeness (QED) is 0.368. The number of nitrogens with one attached hydrogen (secondary N) is 1. The van der Waals surface area contributed by atoms with Gasteiger partial charge in [-0.1, -0.05) is 23.7 Å². The lowest BCUT2D eigenvalue weighted by molar-refractivity contribution is 0.284. The van der Waals surface area contributed by atoms with E-state index in [0.717, 1.165) is 11.1 Å². The van der Waals surface area contributed by atoms with E-state index in [1.807, 2.05) is 42.5 Å². The highest BCUT2D eigenvalue weighted by molar-refractivity contribution is 6.30. The highest BCUT2D eigenvalue weighted by Gasteiger charge is 2.06. The number of hydrogen-bond donors (Lipinski definition) is 2. The number of hydrogen-bond acceptors (Lipinski definition) is 7. The van der Waals surface area contributed by atoms with E-state index in [2.05, 4.69) is 20.7 Å². The number of nitrogen functional groups attached to an aromatic ring is 1. The van der Waals surface area contributed by atoms with E-state index in [1.165, 1.54) is 4.68 Å². The van der Waals surface area contributed by atoms with Crippen molar-refractivity contribution in [2.24, 2.45) is 5.10 Å². The van der Waals surface area contributed by atoms with Gasteiger partial charge in [-0.3, -0.25) is 0 Å². The number of rotatable bonds is 7. The van der Waals surface area contributed by atoms with E-state index in [0.29, 0.717) is 34.9 Å². The van der Waals surface area contributed by atoms with E-state index >= 15 is 0 Å². The molecule has 1 heterocycles. The summed E-state index contributed by atoms with van der Waals surface area (Å²) in [7, 11) is 1.59. The highest BCUT2D eigenvalue weighted by Crippen LogP contribution is 2.28. The normalized spacial score (nSPS) is 10.9. The van der Waals surface area contributed by atoms with Crippen molar-refractivity contribution in [3.05, 3.63) is 64.4 Å². The molecule has 0 aliphatic carbocycles. The molecule has 0 unspecified atom stereocenters. The maximum Gasteiger partial charge on any atom is 0.263 e. The maximum absolute atomic E-state index is 5.89. The fourth-order valence-corrected chi connectivity index (χ4v) is 2.36. The molecule has 0 bridgehead atoms. The number of nitrogens with two attached hydrogens (primary N) is 1. The van der Waals surface area contributed by atoms with Crippen LogP contribution in [0, 0.1) is 6.92 Å².